The van der Waals surface area contributed by atoms with Crippen LogP contribution in [0.4, 0.5) is 5.69 Å². The molecular weight excluding hydrogens is 364 g/mol. The average molecular weight is 388 g/mol. The predicted molar refractivity (Wildman–Crippen MR) is 105 cm³/mol. The first-order chi connectivity index (χ1) is 12.8. The van der Waals surface area contributed by atoms with E-state index in [2.05, 4.69) is 5.32 Å². The highest BCUT2D eigenvalue weighted by molar-refractivity contribution is 7.92. The van der Waals surface area contributed by atoms with Crippen LogP contribution in [0.25, 0.3) is 0 Å². The molecule has 0 unspecified atom stereocenters. The fraction of sp³-hybridized carbons (Fsp3) is 0.350. The molecule has 0 aliphatic carbocycles. The molecular formula is C20H24N2O4S. The van der Waals surface area contributed by atoms with Gasteiger partial charge in [0.1, 0.15) is 0 Å². The maximum atomic E-state index is 13.1. The van der Waals surface area contributed by atoms with Crippen LogP contribution in [0.3, 0.4) is 0 Å². The summed E-state index contributed by atoms with van der Waals surface area (Å²) in [5, 5.41) is 2.78. The lowest BCUT2D eigenvalue weighted by Crippen LogP contribution is -2.35. The zero-order valence-corrected chi connectivity index (χ0v) is 16.5. The summed E-state index contributed by atoms with van der Waals surface area (Å²) in [7, 11) is -2.08. The van der Waals surface area contributed by atoms with Crippen molar-refractivity contribution in [2.75, 3.05) is 24.6 Å². The van der Waals surface area contributed by atoms with E-state index in [1.807, 2.05) is 13.8 Å². The van der Waals surface area contributed by atoms with Crippen molar-refractivity contribution in [1.82, 2.24) is 5.32 Å². The summed E-state index contributed by atoms with van der Waals surface area (Å²) in [5.74, 6) is -0.192. The van der Waals surface area contributed by atoms with Crippen LogP contribution in [0.1, 0.15) is 28.4 Å². The molecule has 0 aromatic heterocycles. The highest BCUT2D eigenvalue weighted by Gasteiger charge is 2.36. The summed E-state index contributed by atoms with van der Waals surface area (Å²) in [6.07, 6.45) is 0.569. The lowest BCUT2D eigenvalue weighted by atomic mass is 10.1. The zero-order valence-electron chi connectivity index (χ0n) is 15.7. The Morgan fingerprint density at radius 3 is 2.59 bits per heavy atom. The molecule has 1 aliphatic rings. The number of carbonyl (C=O) groups is 1. The van der Waals surface area contributed by atoms with Gasteiger partial charge in [-0.3, -0.25) is 9.10 Å². The van der Waals surface area contributed by atoms with Gasteiger partial charge < -0.3 is 10.1 Å². The Morgan fingerprint density at radius 2 is 1.93 bits per heavy atom. The Bertz CT molecular complexity index is 939. The van der Waals surface area contributed by atoms with Crippen LogP contribution in [-0.4, -0.2) is 40.6 Å². The van der Waals surface area contributed by atoms with Gasteiger partial charge in [-0.1, -0.05) is 17.7 Å². The molecule has 1 N–H and O–H groups in total. The minimum Gasteiger partial charge on any atom is -0.383 e. The Kier molecular flexibility index (Phi) is 5.53. The van der Waals surface area contributed by atoms with Crippen molar-refractivity contribution in [2.24, 2.45) is 0 Å². The highest BCUT2D eigenvalue weighted by atomic mass is 32.2. The normalized spacial score (nSPS) is 16.3. The first-order valence-electron chi connectivity index (χ1n) is 8.85. The number of carbonyl (C=O) groups excluding carboxylic acids is 1. The number of hydrogen-bond acceptors (Lipinski definition) is 4. The summed E-state index contributed by atoms with van der Waals surface area (Å²) in [6, 6.07) is 11.8. The van der Waals surface area contributed by atoms with Crippen molar-refractivity contribution >= 4 is 21.6 Å². The smallest absolute Gasteiger partial charge is 0.264 e. The number of benzene rings is 2. The summed E-state index contributed by atoms with van der Waals surface area (Å²) >= 11 is 0. The summed E-state index contributed by atoms with van der Waals surface area (Å²) in [5.41, 5.74) is 3.02. The standard InChI is InChI=1S/C20H24N2O4S/c1-14-4-7-18(8-5-14)27(24,25)22-15(2)12-17-13-16(6-9-19(17)22)20(23)21-10-11-26-3/h4-9,13,15H,10-12H2,1-3H3,(H,21,23)/t15-/m1/s1. The quantitative estimate of drug-likeness (QED) is 0.772. The predicted octanol–water partition coefficient (Wildman–Crippen LogP) is 2.51. The number of hydrogen-bond donors (Lipinski definition) is 1. The van der Waals surface area contributed by atoms with E-state index < -0.39 is 10.0 Å². The van der Waals surface area contributed by atoms with Crippen LogP contribution in [0.15, 0.2) is 47.4 Å². The minimum atomic E-state index is -3.65. The number of sulfonamides is 1. The van der Waals surface area contributed by atoms with Gasteiger partial charge in [0.05, 0.1) is 17.2 Å². The Labute approximate surface area is 160 Å². The van der Waals surface area contributed by atoms with Gasteiger partial charge in [0, 0.05) is 25.3 Å². The van der Waals surface area contributed by atoms with Gasteiger partial charge in [0.2, 0.25) is 0 Å². The van der Waals surface area contributed by atoms with Gasteiger partial charge in [0.25, 0.3) is 15.9 Å². The second-order valence-electron chi connectivity index (χ2n) is 6.76. The van der Waals surface area contributed by atoms with E-state index in [9.17, 15) is 13.2 Å². The molecule has 0 bridgehead atoms. The molecule has 144 valence electrons. The Morgan fingerprint density at radius 1 is 1.22 bits per heavy atom. The minimum absolute atomic E-state index is 0.192. The summed E-state index contributed by atoms with van der Waals surface area (Å²) < 4.78 is 32.7. The number of ether oxygens (including phenoxy) is 1. The Hall–Kier alpha value is -2.38. The second kappa shape index (κ2) is 7.70. The number of amides is 1. The first kappa shape index (κ1) is 19.4. The number of nitrogens with zero attached hydrogens (tertiary/aromatic N) is 1. The van der Waals surface area contributed by atoms with E-state index in [0.29, 0.717) is 30.8 Å². The fourth-order valence-electron chi connectivity index (χ4n) is 3.30. The van der Waals surface area contributed by atoms with Crippen molar-refractivity contribution in [3.8, 4) is 0 Å². The fourth-order valence-corrected chi connectivity index (χ4v) is 5.00. The number of methoxy groups -OCH3 is 1. The van der Waals surface area contributed by atoms with Crippen molar-refractivity contribution in [3.05, 3.63) is 59.2 Å². The van der Waals surface area contributed by atoms with Crippen molar-refractivity contribution in [2.45, 2.75) is 31.2 Å². The molecule has 2 aromatic carbocycles. The molecule has 3 rings (SSSR count). The van der Waals surface area contributed by atoms with E-state index in [1.165, 1.54) is 4.31 Å². The topological polar surface area (TPSA) is 75.7 Å². The van der Waals surface area contributed by atoms with E-state index >= 15 is 0 Å². The van der Waals surface area contributed by atoms with E-state index in [-0.39, 0.29) is 16.8 Å². The molecule has 2 aromatic rings. The molecule has 1 atom stereocenters. The lowest BCUT2D eigenvalue weighted by Gasteiger charge is -2.24. The third-order valence-electron chi connectivity index (χ3n) is 4.66. The zero-order chi connectivity index (χ0) is 19.6. The average Bonchev–Trinajstić information content (AvgIpc) is 2.97. The summed E-state index contributed by atoms with van der Waals surface area (Å²) in [4.78, 5) is 12.5. The van der Waals surface area contributed by atoms with Crippen LogP contribution < -0.4 is 9.62 Å². The van der Waals surface area contributed by atoms with Crippen LogP contribution in [-0.2, 0) is 21.2 Å². The number of aryl methyl sites for hydroxylation is 1. The van der Waals surface area contributed by atoms with Crippen molar-refractivity contribution < 1.29 is 17.9 Å². The van der Waals surface area contributed by atoms with E-state index in [4.69, 9.17) is 4.74 Å². The molecule has 0 saturated heterocycles. The van der Waals surface area contributed by atoms with Gasteiger partial charge >= 0.3 is 0 Å². The highest BCUT2D eigenvalue weighted by Crippen LogP contribution is 2.37. The molecule has 6 nitrogen and oxygen atoms in total. The summed E-state index contributed by atoms with van der Waals surface area (Å²) in [6.45, 7) is 4.67. The number of anilines is 1. The number of rotatable bonds is 6. The molecule has 0 fully saturated rings. The largest absolute Gasteiger partial charge is 0.383 e. The molecule has 0 spiro atoms. The molecule has 1 aliphatic heterocycles. The molecule has 0 radical (unpaired) electrons. The number of nitrogens with one attached hydrogen (secondary N) is 1. The third kappa shape index (κ3) is 3.84. The van der Waals surface area contributed by atoms with E-state index in [1.54, 1.807) is 49.6 Å². The third-order valence-corrected chi connectivity index (χ3v) is 6.61. The molecule has 1 amide bonds. The van der Waals surface area contributed by atoms with E-state index in [0.717, 1.165) is 11.1 Å². The van der Waals surface area contributed by atoms with Crippen LogP contribution in [0.5, 0.6) is 0 Å². The molecule has 0 saturated carbocycles. The van der Waals surface area contributed by atoms with Gasteiger partial charge in [0.15, 0.2) is 0 Å². The monoisotopic (exact) mass is 388 g/mol. The van der Waals surface area contributed by atoms with Crippen LogP contribution in [0.2, 0.25) is 0 Å². The van der Waals surface area contributed by atoms with Gasteiger partial charge in [-0.15, -0.1) is 0 Å². The van der Waals surface area contributed by atoms with Gasteiger partial charge in [-0.2, -0.15) is 0 Å². The maximum Gasteiger partial charge on any atom is 0.264 e. The molecule has 7 heteroatoms. The van der Waals surface area contributed by atoms with Gasteiger partial charge in [-0.25, -0.2) is 8.42 Å². The maximum absolute atomic E-state index is 13.1. The first-order valence-corrected chi connectivity index (χ1v) is 10.3. The number of fused-ring (bicyclic) bond motifs is 1. The second-order valence-corrected chi connectivity index (χ2v) is 8.57. The van der Waals surface area contributed by atoms with Gasteiger partial charge in [-0.05, 0) is 56.2 Å². The molecule has 27 heavy (non-hydrogen) atoms. The lowest BCUT2D eigenvalue weighted by molar-refractivity contribution is 0.0937. The SMILES string of the molecule is COCCNC(=O)c1ccc2c(c1)C[C@@H](C)N2S(=O)(=O)c1ccc(C)cc1. The Balaban J connectivity index is 1.89. The van der Waals surface area contributed by atoms with Crippen molar-refractivity contribution in [3.63, 3.8) is 0 Å². The molecule has 1 heterocycles. The van der Waals surface area contributed by atoms with Crippen molar-refractivity contribution in [1.29, 1.82) is 0 Å². The van der Waals surface area contributed by atoms with Crippen LogP contribution >= 0.6 is 0 Å². The van der Waals surface area contributed by atoms with Crippen LogP contribution in [0, 0.1) is 6.92 Å².